The fourth-order valence-corrected chi connectivity index (χ4v) is 2.90. The fraction of sp³-hybridized carbons (Fsp3) is 0.133. The van der Waals surface area contributed by atoms with Crippen molar-refractivity contribution in [2.75, 3.05) is 0 Å². The van der Waals surface area contributed by atoms with Crippen LogP contribution in [0.5, 0.6) is 0 Å². The number of carbonyl (C=O) groups excluding carboxylic acids is 3. The molecule has 2 N–H and O–H groups in total. The van der Waals surface area contributed by atoms with Gasteiger partial charge in [0.15, 0.2) is 0 Å². The summed E-state index contributed by atoms with van der Waals surface area (Å²) in [6.45, 7) is 1.61. The number of hydrazine groups is 1. The molecule has 7 heteroatoms. The minimum Gasteiger partial charge on any atom is -0.318 e. The lowest BCUT2D eigenvalue weighted by molar-refractivity contribution is -0.132. The summed E-state index contributed by atoms with van der Waals surface area (Å²) < 4.78 is 0. The topological polar surface area (TPSA) is 78.5 Å². The predicted octanol–water partition coefficient (Wildman–Crippen LogP) is 1.86. The summed E-state index contributed by atoms with van der Waals surface area (Å²) >= 11 is 1.36. The van der Waals surface area contributed by atoms with Gasteiger partial charge in [-0.05, 0) is 23.9 Å². The van der Waals surface area contributed by atoms with Crippen molar-refractivity contribution in [3.8, 4) is 0 Å². The van der Waals surface area contributed by atoms with Crippen molar-refractivity contribution in [3.63, 3.8) is 0 Å². The number of carbonyl (C=O) groups is 3. The summed E-state index contributed by atoms with van der Waals surface area (Å²) in [5, 5.41) is 6.74. The molecule has 1 saturated heterocycles. The first-order valence-electron chi connectivity index (χ1n) is 6.58. The van der Waals surface area contributed by atoms with E-state index in [4.69, 9.17) is 0 Å². The monoisotopic (exact) mass is 315 g/mol. The summed E-state index contributed by atoms with van der Waals surface area (Å²) in [5.41, 5.74) is 2.21. The van der Waals surface area contributed by atoms with Crippen LogP contribution in [0.1, 0.15) is 22.8 Å². The number of urea groups is 1. The predicted molar refractivity (Wildman–Crippen MR) is 81.0 cm³/mol. The quantitative estimate of drug-likeness (QED) is 0.849. The van der Waals surface area contributed by atoms with Crippen molar-refractivity contribution in [1.29, 1.82) is 0 Å². The first-order chi connectivity index (χ1) is 10.5. The molecule has 1 atom stereocenters. The zero-order valence-electron chi connectivity index (χ0n) is 11.7. The molecule has 4 amide bonds. The highest BCUT2D eigenvalue weighted by Crippen LogP contribution is 2.27. The number of hydrogen-bond acceptors (Lipinski definition) is 4. The van der Waals surface area contributed by atoms with Crippen molar-refractivity contribution in [2.45, 2.75) is 12.5 Å². The average Bonchev–Trinajstić information content (AvgIpc) is 3.12. The van der Waals surface area contributed by atoms with Crippen LogP contribution in [-0.2, 0) is 10.3 Å². The van der Waals surface area contributed by atoms with Crippen LogP contribution in [0.2, 0.25) is 0 Å². The van der Waals surface area contributed by atoms with Crippen LogP contribution in [0.25, 0.3) is 0 Å². The van der Waals surface area contributed by atoms with Crippen LogP contribution in [0.3, 0.4) is 0 Å². The van der Waals surface area contributed by atoms with Gasteiger partial charge in [0.2, 0.25) is 0 Å². The van der Waals surface area contributed by atoms with Gasteiger partial charge in [0, 0.05) is 5.38 Å². The molecule has 1 fully saturated rings. The van der Waals surface area contributed by atoms with E-state index in [9.17, 15) is 14.4 Å². The molecule has 6 nitrogen and oxygen atoms in total. The third-order valence-corrected chi connectivity index (χ3v) is 4.22. The van der Waals surface area contributed by atoms with Gasteiger partial charge in [0.1, 0.15) is 5.54 Å². The molecule has 112 valence electrons. The number of nitrogens with one attached hydrogen (secondary N) is 2. The van der Waals surface area contributed by atoms with Crippen LogP contribution in [0.15, 0.2) is 47.2 Å². The molecule has 0 spiro atoms. The van der Waals surface area contributed by atoms with Gasteiger partial charge in [-0.3, -0.25) is 15.0 Å². The Bertz CT molecular complexity index is 730. The summed E-state index contributed by atoms with van der Waals surface area (Å²) in [5.74, 6) is -1.02. The van der Waals surface area contributed by atoms with Crippen LogP contribution in [0, 0.1) is 0 Å². The Hall–Kier alpha value is -2.67. The lowest BCUT2D eigenvalue weighted by atomic mass is 9.92. The molecule has 1 aromatic carbocycles. The Balaban J connectivity index is 1.84. The molecule has 1 aromatic heterocycles. The highest BCUT2D eigenvalue weighted by Gasteiger charge is 2.50. The molecule has 0 unspecified atom stereocenters. The largest absolute Gasteiger partial charge is 0.344 e. The maximum atomic E-state index is 12.6. The molecule has 1 aliphatic rings. The molecule has 2 heterocycles. The summed E-state index contributed by atoms with van der Waals surface area (Å²) in [7, 11) is 0. The molecular formula is C15H13N3O3S. The first kappa shape index (κ1) is 14.3. The summed E-state index contributed by atoms with van der Waals surface area (Å²) in [4.78, 5) is 36.7. The Morgan fingerprint density at radius 3 is 2.59 bits per heavy atom. The van der Waals surface area contributed by atoms with Crippen molar-refractivity contribution in [1.82, 2.24) is 15.8 Å². The molecule has 3 rings (SSSR count). The van der Waals surface area contributed by atoms with Gasteiger partial charge >= 0.3 is 6.03 Å². The van der Waals surface area contributed by atoms with Crippen LogP contribution >= 0.6 is 11.3 Å². The van der Waals surface area contributed by atoms with Gasteiger partial charge < -0.3 is 5.32 Å². The van der Waals surface area contributed by atoms with Gasteiger partial charge in [-0.25, -0.2) is 4.79 Å². The fourth-order valence-electron chi connectivity index (χ4n) is 2.27. The Kier molecular flexibility index (Phi) is 3.42. The number of thiophene rings is 1. The van der Waals surface area contributed by atoms with Gasteiger partial charge in [0.05, 0.1) is 5.56 Å². The van der Waals surface area contributed by atoms with E-state index < -0.39 is 23.4 Å². The molecule has 2 aromatic rings. The van der Waals surface area contributed by atoms with E-state index in [1.54, 1.807) is 48.0 Å². The smallest absolute Gasteiger partial charge is 0.318 e. The third-order valence-electron chi connectivity index (χ3n) is 3.54. The van der Waals surface area contributed by atoms with Gasteiger partial charge in [0.25, 0.3) is 11.8 Å². The van der Waals surface area contributed by atoms with E-state index in [1.165, 1.54) is 11.3 Å². The Morgan fingerprint density at radius 1 is 1.23 bits per heavy atom. The van der Waals surface area contributed by atoms with E-state index in [0.29, 0.717) is 11.1 Å². The number of hydrogen-bond donors (Lipinski definition) is 2. The lowest BCUT2D eigenvalue weighted by Gasteiger charge is -2.22. The van der Waals surface area contributed by atoms with E-state index in [0.717, 1.165) is 5.01 Å². The number of nitrogens with zero attached hydrogens (tertiary/aromatic N) is 1. The molecular weight excluding hydrogens is 302 g/mol. The van der Waals surface area contributed by atoms with Crippen LogP contribution < -0.4 is 10.7 Å². The highest BCUT2D eigenvalue weighted by atomic mass is 32.1. The maximum Gasteiger partial charge on any atom is 0.344 e. The molecule has 0 aliphatic carbocycles. The van der Waals surface area contributed by atoms with Gasteiger partial charge in [-0.2, -0.15) is 16.3 Å². The van der Waals surface area contributed by atoms with Crippen molar-refractivity contribution >= 4 is 29.2 Å². The molecule has 0 saturated carbocycles. The molecule has 22 heavy (non-hydrogen) atoms. The minimum atomic E-state index is -1.19. The van der Waals surface area contributed by atoms with Gasteiger partial charge in [-0.1, -0.05) is 30.3 Å². The zero-order valence-corrected chi connectivity index (χ0v) is 12.5. The first-order valence-corrected chi connectivity index (χ1v) is 7.52. The third kappa shape index (κ3) is 2.25. The lowest BCUT2D eigenvalue weighted by Crippen LogP contribution is -2.47. The van der Waals surface area contributed by atoms with Crippen molar-refractivity contribution in [3.05, 3.63) is 58.3 Å². The van der Waals surface area contributed by atoms with E-state index in [2.05, 4.69) is 10.7 Å². The average molecular weight is 315 g/mol. The normalized spacial score (nSPS) is 20.9. The van der Waals surface area contributed by atoms with E-state index in [1.807, 2.05) is 6.07 Å². The summed E-state index contributed by atoms with van der Waals surface area (Å²) in [6.07, 6.45) is 0. The number of amides is 4. The number of rotatable bonds is 3. The number of benzene rings is 1. The van der Waals surface area contributed by atoms with E-state index >= 15 is 0 Å². The highest BCUT2D eigenvalue weighted by molar-refractivity contribution is 7.08. The number of imide groups is 1. The second-order valence-electron chi connectivity index (χ2n) is 5.01. The maximum absolute atomic E-state index is 12.6. The SMILES string of the molecule is C[C@@]1(c2ccccc2)NC(=O)N(NC(=O)c2ccsc2)C1=O. The second-order valence-corrected chi connectivity index (χ2v) is 5.79. The standard InChI is InChI=1S/C15H13N3O3S/c1-15(11-5-3-2-4-6-11)13(20)18(14(21)16-15)17-12(19)10-7-8-22-9-10/h2-9H,1H3,(H,16,21)(H,17,19)/t15-/m0/s1. The van der Waals surface area contributed by atoms with Crippen molar-refractivity contribution < 1.29 is 14.4 Å². The van der Waals surface area contributed by atoms with Crippen LogP contribution in [-0.4, -0.2) is 22.9 Å². The minimum absolute atomic E-state index is 0.402. The molecule has 0 radical (unpaired) electrons. The van der Waals surface area contributed by atoms with Crippen LogP contribution in [0.4, 0.5) is 4.79 Å². The Labute approximate surface area is 130 Å². The molecule has 1 aliphatic heterocycles. The van der Waals surface area contributed by atoms with E-state index in [-0.39, 0.29) is 0 Å². The van der Waals surface area contributed by atoms with Crippen molar-refractivity contribution in [2.24, 2.45) is 0 Å². The molecule has 0 bridgehead atoms. The zero-order chi connectivity index (χ0) is 15.7. The Morgan fingerprint density at radius 2 is 1.95 bits per heavy atom. The van der Waals surface area contributed by atoms with Gasteiger partial charge in [-0.15, -0.1) is 0 Å². The summed E-state index contributed by atoms with van der Waals surface area (Å²) in [6, 6.07) is 9.86. The second kappa shape index (κ2) is 5.27.